The molecule has 5 heteroatoms. The summed E-state index contributed by atoms with van der Waals surface area (Å²) in [5.74, 6) is 0.516. The van der Waals surface area contributed by atoms with Gasteiger partial charge in [0.05, 0.1) is 23.1 Å². The lowest BCUT2D eigenvalue weighted by Crippen LogP contribution is -2.32. The molecule has 25 heavy (non-hydrogen) atoms. The first-order valence-electron chi connectivity index (χ1n) is 8.40. The maximum absolute atomic E-state index is 13.1. The number of nitrogens with zero attached hydrogens (tertiary/aromatic N) is 2. The van der Waals surface area contributed by atoms with Crippen molar-refractivity contribution in [3.63, 3.8) is 0 Å². The lowest BCUT2D eigenvalue weighted by molar-refractivity contribution is 0.591. The van der Waals surface area contributed by atoms with Gasteiger partial charge in [-0.2, -0.15) is 5.26 Å². The molecule has 2 aromatic rings. The van der Waals surface area contributed by atoms with Crippen LogP contribution < -0.4 is 4.31 Å². The number of hydrogen-bond acceptors (Lipinski definition) is 3. The number of aryl methyl sites for hydroxylation is 1. The molecule has 0 aliphatic carbocycles. The normalized spacial score (nSPS) is 11.3. The summed E-state index contributed by atoms with van der Waals surface area (Å²) in [5, 5.41) is 8.89. The van der Waals surface area contributed by atoms with Crippen molar-refractivity contribution in [3.05, 3.63) is 59.7 Å². The quantitative estimate of drug-likeness (QED) is 0.743. The van der Waals surface area contributed by atoms with Crippen LogP contribution in [0.4, 0.5) is 5.69 Å². The Kier molecular flexibility index (Phi) is 6.22. The molecule has 0 atom stereocenters. The number of nitriles is 1. The van der Waals surface area contributed by atoms with E-state index in [0.29, 0.717) is 11.6 Å². The number of rotatable bonds is 7. The van der Waals surface area contributed by atoms with E-state index in [0.717, 1.165) is 17.5 Å². The van der Waals surface area contributed by atoms with Gasteiger partial charge >= 0.3 is 0 Å². The molecule has 0 bridgehead atoms. The highest BCUT2D eigenvalue weighted by atomic mass is 32.2. The minimum Gasteiger partial charge on any atom is -0.265 e. The van der Waals surface area contributed by atoms with E-state index in [1.165, 1.54) is 4.31 Å². The second-order valence-corrected chi connectivity index (χ2v) is 8.43. The van der Waals surface area contributed by atoms with Crippen LogP contribution in [0.15, 0.2) is 53.4 Å². The standard InChI is InChI=1S/C20H24N2O2S/c1-16(2)15-18-7-11-20(12-8-18)25(23,24)22(14-4-13-21)19-9-5-17(3)6-10-19/h5-12,16H,4,14-15H2,1-3H3. The monoisotopic (exact) mass is 356 g/mol. The Morgan fingerprint density at radius 3 is 2.16 bits per heavy atom. The first kappa shape index (κ1) is 19.0. The fourth-order valence-electron chi connectivity index (χ4n) is 2.65. The molecule has 2 rings (SSSR count). The molecule has 0 amide bonds. The van der Waals surface area contributed by atoms with E-state index in [1.54, 1.807) is 24.3 Å². The van der Waals surface area contributed by atoms with Crippen LogP contribution in [0, 0.1) is 24.2 Å². The smallest absolute Gasteiger partial charge is 0.264 e. The van der Waals surface area contributed by atoms with Crippen LogP contribution in [-0.4, -0.2) is 15.0 Å². The van der Waals surface area contributed by atoms with Crippen LogP contribution in [0.3, 0.4) is 0 Å². The maximum atomic E-state index is 13.1. The molecule has 0 spiro atoms. The fourth-order valence-corrected chi connectivity index (χ4v) is 4.11. The van der Waals surface area contributed by atoms with Gasteiger partial charge in [0.1, 0.15) is 0 Å². The van der Waals surface area contributed by atoms with Gasteiger partial charge in [0.25, 0.3) is 10.0 Å². The van der Waals surface area contributed by atoms with Crippen molar-refractivity contribution < 1.29 is 8.42 Å². The van der Waals surface area contributed by atoms with E-state index < -0.39 is 10.0 Å². The van der Waals surface area contributed by atoms with Gasteiger partial charge in [0, 0.05) is 6.54 Å². The summed E-state index contributed by atoms with van der Waals surface area (Å²) in [6.45, 7) is 6.35. The Balaban J connectivity index is 2.37. The van der Waals surface area contributed by atoms with Gasteiger partial charge < -0.3 is 0 Å². The Morgan fingerprint density at radius 2 is 1.64 bits per heavy atom. The third-order valence-electron chi connectivity index (χ3n) is 3.90. The third kappa shape index (κ3) is 4.83. The van der Waals surface area contributed by atoms with Crippen LogP contribution in [0.1, 0.15) is 31.4 Å². The fraction of sp³-hybridized carbons (Fsp3) is 0.350. The van der Waals surface area contributed by atoms with Crippen molar-refractivity contribution >= 4 is 15.7 Å². The van der Waals surface area contributed by atoms with E-state index in [2.05, 4.69) is 13.8 Å². The molecule has 0 heterocycles. The predicted molar refractivity (Wildman–Crippen MR) is 101 cm³/mol. The number of sulfonamides is 1. The first-order chi connectivity index (χ1) is 11.8. The van der Waals surface area contributed by atoms with E-state index in [1.807, 2.05) is 37.3 Å². The van der Waals surface area contributed by atoms with Gasteiger partial charge in [0.2, 0.25) is 0 Å². The first-order valence-corrected chi connectivity index (χ1v) is 9.84. The summed E-state index contributed by atoms with van der Waals surface area (Å²) in [5.41, 5.74) is 2.75. The second kappa shape index (κ2) is 8.17. The van der Waals surface area contributed by atoms with Gasteiger partial charge in [-0.3, -0.25) is 4.31 Å². The largest absolute Gasteiger partial charge is 0.265 e. The summed E-state index contributed by atoms with van der Waals surface area (Å²) in [7, 11) is -3.70. The molecule has 0 saturated heterocycles. The molecule has 0 fully saturated rings. The molecule has 0 aliphatic heterocycles. The summed E-state index contributed by atoms with van der Waals surface area (Å²) in [6.07, 6.45) is 1.05. The van der Waals surface area contributed by atoms with Crippen LogP contribution in [-0.2, 0) is 16.4 Å². The Morgan fingerprint density at radius 1 is 1.04 bits per heavy atom. The van der Waals surface area contributed by atoms with Gasteiger partial charge in [0.15, 0.2) is 0 Å². The molecule has 0 saturated carbocycles. The number of benzene rings is 2. The Labute approximate surface area is 150 Å². The van der Waals surface area contributed by atoms with Crippen molar-refractivity contribution in [1.29, 1.82) is 5.26 Å². The summed E-state index contributed by atoms with van der Waals surface area (Å²) >= 11 is 0. The van der Waals surface area contributed by atoms with Crippen molar-refractivity contribution in [2.24, 2.45) is 5.92 Å². The van der Waals surface area contributed by atoms with Crippen LogP contribution in [0.5, 0.6) is 0 Å². The van der Waals surface area contributed by atoms with Crippen molar-refractivity contribution in [3.8, 4) is 6.07 Å². The molecule has 0 N–H and O–H groups in total. The van der Waals surface area contributed by atoms with Crippen molar-refractivity contribution in [2.75, 3.05) is 10.8 Å². The van der Waals surface area contributed by atoms with E-state index in [4.69, 9.17) is 5.26 Å². The topological polar surface area (TPSA) is 61.2 Å². The Hall–Kier alpha value is -2.32. The third-order valence-corrected chi connectivity index (χ3v) is 5.75. The average Bonchev–Trinajstić information content (AvgIpc) is 2.56. The Bertz CT molecular complexity index is 833. The SMILES string of the molecule is Cc1ccc(N(CCC#N)S(=O)(=O)c2ccc(CC(C)C)cc2)cc1. The van der Waals surface area contributed by atoms with E-state index in [-0.39, 0.29) is 17.9 Å². The highest BCUT2D eigenvalue weighted by molar-refractivity contribution is 7.92. The zero-order valence-corrected chi connectivity index (χ0v) is 15.8. The molecule has 132 valence electrons. The molecule has 0 radical (unpaired) electrons. The zero-order valence-electron chi connectivity index (χ0n) is 14.9. The number of anilines is 1. The van der Waals surface area contributed by atoms with Gasteiger partial charge in [-0.25, -0.2) is 8.42 Å². The lowest BCUT2D eigenvalue weighted by Gasteiger charge is -2.24. The molecule has 0 unspecified atom stereocenters. The minimum atomic E-state index is -3.70. The molecule has 2 aromatic carbocycles. The zero-order chi connectivity index (χ0) is 18.4. The summed E-state index contributed by atoms with van der Waals surface area (Å²) < 4.78 is 27.5. The van der Waals surface area contributed by atoms with Crippen molar-refractivity contribution in [2.45, 2.75) is 38.5 Å². The minimum absolute atomic E-state index is 0.135. The maximum Gasteiger partial charge on any atom is 0.264 e. The predicted octanol–water partition coefficient (Wildman–Crippen LogP) is 4.30. The van der Waals surface area contributed by atoms with Gasteiger partial charge in [-0.1, -0.05) is 43.7 Å². The highest BCUT2D eigenvalue weighted by Crippen LogP contribution is 2.25. The number of hydrogen-bond donors (Lipinski definition) is 0. The highest BCUT2D eigenvalue weighted by Gasteiger charge is 2.24. The van der Waals surface area contributed by atoms with E-state index >= 15 is 0 Å². The van der Waals surface area contributed by atoms with Crippen molar-refractivity contribution in [1.82, 2.24) is 0 Å². The molecule has 0 aromatic heterocycles. The van der Waals surface area contributed by atoms with Crippen LogP contribution in [0.25, 0.3) is 0 Å². The average molecular weight is 356 g/mol. The van der Waals surface area contributed by atoms with Crippen LogP contribution in [0.2, 0.25) is 0 Å². The molecular formula is C20H24N2O2S. The second-order valence-electron chi connectivity index (χ2n) is 6.56. The van der Waals surface area contributed by atoms with Gasteiger partial charge in [-0.05, 0) is 49.1 Å². The van der Waals surface area contributed by atoms with Crippen LogP contribution >= 0.6 is 0 Å². The lowest BCUT2D eigenvalue weighted by atomic mass is 10.0. The molecular weight excluding hydrogens is 332 g/mol. The summed E-state index contributed by atoms with van der Waals surface area (Å²) in [6, 6.07) is 16.4. The van der Waals surface area contributed by atoms with E-state index in [9.17, 15) is 8.42 Å². The summed E-state index contributed by atoms with van der Waals surface area (Å²) in [4.78, 5) is 0.249. The molecule has 4 nitrogen and oxygen atoms in total. The molecule has 0 aliphatic rings. The van der Waals surface area contributed by atoms with Gasteiger partial charge in [-0.15, -0.1) is 0 Å².